The van der Waals surface area contributed by atoms with E-state index in [4.69, 9.17) is 16.6 Å². The Labute approximate surface area is 86.3 Å². The van der Waals surface area contributed by atoms with Crippen molar-refractivity contribution in [3.05, 3.63) is 24.3 Å². The highest BCUT2D eigenvalue weighted by atomic mass is 32.2. The molecule has 0 aliphatic rings. The Morgan fingerprint density at radius 1 is 1.57 bits per heavy atom. The number of rotatable bonds is 4. The first-order chi connectivity index (χ1) is 6.59. The zero-order chi connectivity index (χ0) is 10.6. The van der Waals surface area contributed by atoms with Gasteiger partial charge in [-0.2, -0.15) is 0 Å². The van der Waals surface area contributed by atoms with Crippen molar-refractivity contribution in [1.82, 2.24) is 0 Å². The topological polar surface area (TPSA) is 89.3 Å². The lowest BCUT2D eigenvalue weighted by Gasteiger charge is -2.06. The van der Waals surface area contributed by atoms with Crippen LogP contribution in [0.3, 0.4) is 0 Å². The summed E-state index contributed by atoms with van der Waals surface area (Å²) in [5, 5.41) is 9.15. The molecule has 0 bridgehead atoms. The van der Waals surface area contributed by atoms with Gasteiger partial charge in [-0.1, -0.05) is 6.07 Å². The van der Waals surface area contributed by atoms with Gasteiger partial charge in [0.05, 0.1) is 6.04 Å². The lowest BCUT2D eigenvalue weighted by atomic mass is 10.3. The van der Waals surface area contributed by atoms with Gasteiger partial charge >= 0.3 is 0 Å². The van der Waals surface area contributed by atoms with E-state index >= 15 is 0 Å². The summed E-state index contributed by atoms with van der Waals surface area (Å²) < 4.78 is 0. The second-order valence-corrected chi connectivity index (χ2v) is 3.91. The van der Waals surface area contributed by atoms with Crippen LogP contribution in [0.25, 0.3) is 0 Å². The molecule has 14 heavy (non-hydrogen) atoms. The van der Waals surface area contributed by atoms with Crippen LogP contribution in [-0.2, 0) is 4.79 Å². The molecule has 4 nitrogen and oxygen atoms in total. The Bertz CT molecular complexity index is 330. The molecule has 1 rings (SSSR count). The van der Waals surface area contributed by atoms with Crippen molar-refractivity contribution in [1.29, 1.82) is 0 Å². The van der Waals surface area contributed by atoms with Crippen LogP contribution in [0.5, 0.6) is 5.75 Å². The number of phenols is 1. The number of amides is 1. The number of benzene rings is 1. The molecule has 0 saturated heterocycles. The van der Waals surface area contributed by atoms with E-state index in [1.54, 1.807) is 18.2 Å². The van der Waals surface area contributed by atoms with Crippen LogP contribution in [0.1, 0.15) is 0 Å². The van der Waals surface area contributed by atoms with Gasteiger partial charge in [-0.25, -0.2) is 0 Å². The largest absolute Gasteiger partial charge is 0.508 e. The summed E-state index contributed by atoms with van der Waals surface area (Å²) in [6.45, 7) is 0. The Morgan fingerprint density at radius 3 is 2.86 bits per heavy atom. The number of hydrogen-bond acceptors (Lipinski definition) is 4. The maximum atomic E-state index is 10.6. The number of phenolic OH excluding ortho intramolecular Hbond substituents is 1. The van der Waals surface area contributed by atoms with Crippen molar-refractivity contribution in [3.8, 4) is 5.75 Å². The molecule has 5 N–H and O–H groups in total. The van der Waals surface area contributed by atoms with Crippen molar-refractivity contribution in [2.75, 3.05) is 5.75 Å². The first-order valence-electron chi connectivity index (χ1n) is 4.06. The summed E-state index contributed by atoms with van der Waals surface area (Å²) in [5.74, 6) is 0.0963. The molecule has 1 atom stereocenters. The summed E-state index contributed by atoms with van der Waals surface area (Å²) in [6.07, 6.45) is 0. The molecule has 0 heterocycles. The second-order valence-electron chi connectivity index (χ2n) is 2.82. The number of carbonyl (C=O) groups excluding carboxylic acids is 1. The molecule has 0 aromatic heterocycles. The highest BCUT2D eigenvalue weighted by molar-refractivity contribution is 7.99. The molecule has 1 aromatic carbocycles. The number of thioether (sulfide) groups is 1. The van der Waals surface area contributed by atoms with Crippen molar-refractivity contribution in [2.24, 2.45) is 11.5 Å². The molecule has 5 heteroatoms. The monoisotopic (exact) mass is 212 g/mol. The number of aromatic hydroxyl groups is 1. The number of nitrogens with two attached hydrogens (primary N) is 2. The van der Waals surface area contributed by atoms with Crippen LogP contribution in [0.2, 0.25) is 0 Å². The predicted octanol–water partition coefficient (Wildman–Crippen LogP) is 0.297. The van der Waals surface area contributed by atoms with E-state index in [0.717, 1.165) is 4.90 Å². The number of carbonyl (C=O) groups is 1. The zero-order valence-electron chi connectivity index (χ0n) is 7.51. The van der Waals surface area contributed by atoms with E-state index in [9.17, 15) is 4.79 Å². The third-order valence-electron chi connectivity index (χ3n) is 1.61. The fraction of sp³-hybridized carbons (Fsp3) is 0.222. The molecular weight excluding hydrogens is 200 g/mol. The van der Waals surface area contributed by atoms with Crippen LogP contribution in [0, 0.1) is 0 Å². The standard InChI is InChI=1S/C9H12N2O2S/c10-8(9(11)13)5-14-7-3-1-2-6(12)4-7/h1-4,8,12H,5,10H2,(H2,11,13). The predicted molar refractivity (Wildman–Crippen MR) is 56.0 cm³/mol. The molecule has 1 aromatic rings. The SMILES string of the molecule is NC(=O)C(N)CSc1cccc(O)c1. The van der Waals surface area contributed by atoms with E-state index in [1.807, 2.05) is 6.07 Å². The van der Waals surface area contributed by atoms with Gasteiger partial charge in [-0.05, 0) is 18.2 Å². The van der Waals surface area contributed by atoms with Crippen molar-refractivity contribution in [3.63, 3.8) is 0 Å². The molecule has 0 saturated carbocycles. The van der Waals surface area contributed by atoms with Crippen LogP contribution in [0.4, 0.5) is 0 Å². The minimum atomic E-state index is -0.651. The molecule has 0 aliphatic carbocycles. The highest BCUT2D eigenvalue weighted by Gasteiger charge is 2.09. The molecule has 1 amide bonds. The van der Waals surface area contributed by atoms with Gasteiger partial charge in [-0.3, -0.25) is 4.79 Å². The highest BCUT2D eigenvalue weighted by Crippen LogP contribution is 2.22. The summed E-state index contributed by atoms with van der Waals surface area (Å²) in [6, 6.07) is 6.10. The summed E-state index contributed by atoms with van der Waals surface area (Å²) in [7, 11) is 0. The normalized spacial score (nSPS) is 12.4. The fourth-order valence-corrected chi connectivity index (χ4v) is 1.76. The van der Waals surface area contributed by atoms with E-state index in [0.29, 0.717) is 5.75 Å². The van der Waals surface area contributed by atoms with Gasteiger partial charge in [0.15, 0.2) is 0 Å². The van der Waals surface area contributed by atoms with Gasteiger partial charge < -0.3 is 16.6 Å². The van der Waals surface area contributed by atoms with Crippen LogP contribution >= 0.6 is 11.8 Å². The Hall–Kier alpha value is -1.20. The Morgan fingerprint density at radius 2 is 2.29 bits per heavy atom. The molecular formula is C9H12N2O2S. The van der Waals surface area contributed by atoms with Gasteiger partial charge in [0.2, 0.25) is 5.91 Å². The van der Waals surface area contributed by atoms with Gasteiger partial charge in [0, 0.05) is 10.6 Å². The van der Waals surface area contributed by atoms with E-state index in [2.05, 4.69) is 0 Å². The molecule has 0 aliphatic heterocycles. The van der Waals surface area contributed by atoms with E-state index < -0.39 is 11.9 Å². The molecule has 0 spiro atoms. The zero-order valence-corrected chi connectivity index (χ0v) is 8.33. The van der Waals surface area contributed by atoms with Crippen LogP contribution in [-0.4, -0.2) is 22.8 Å². The van der Waals surface area contributed by atoms with Crippen molar-refractivity contribution < 1.29 is 9.90 Å². The van der Waals surface area contributed by atoms with Crippen LogP contribution < -0.4 is 11.5 Å². The second kappa shape index (κ2) is 4.88. The van der Waals surface area contributed by atoms with Crippen molar-refractivity contribution >= 4 is 17.7 Å². The smallest absolute Gasteiger partial charge is 0.235 e. The number of hydrogen-bond donors (Lipinski definition) is 3. The third-order valence-corrected chi connectivity index (χ3v) is 2.73. The summed E-state index contributed by atoms with van der Waals surface area (Å²) >= 11 is 1.39. The minimum absolute atomic E-state index is 0.197. The quantitative estimate of drug-likeness (QED) is 0.626. The molecule has 76 valence electrons. The first-order valence-corrected chi connectivity index (χ1v) is 5.05. The van der Waals surface area contributed by atoms with Crippen molar-refractivity contribution in [2.45, 2.75) is 10.9 Å². The minimum Gasteiger partial charge on any atom is -0.508 e. The summed E-state index contributed by atoms with van der Waals surface area (Å²) in [4.78, 5) is 11.5. The average Bonchev–Trinajstić information content (AvgIpc) is 2.14. The van der Waals surface area contributed by atoms with Gasteiger partial charge in [-0.15, -0.1) is 11.8 Å². The Balaban J connectivity index is 2.49. The van der Waals surface area contributed by atoms with E-state index in [1.165, 1.54) is 11.8 Å². The summed E-state index contributed by atoms with van der Waals surface area (Å²) in [5.41, 5.74) is 10.4. The molecule has 1 unspecified atom stereocenters. The molecule has 0 radical (unpaired) electrons. The maximum Gasteiger partial charge on any atom is 0.235 e. The third kappa shape index (κ3) is 3.27. The molecule has 0 fully saturated rings. The van der Waals surface area contributed by atoms with Gasteiger partial charge in [0.25, 0.3) is 0 Å². The van der Waals surface area contributed by atoms with Gasteiger partial charge in [0.1, 0.15) is 5.75 Å². The average molecular weight is 212 g/mol. The Kier molecular flexibility index (Phi) is 3.79. The lowest BCUT2D eigenvalue weighted by molar-refractivity contribution is -0.118. The lowest BCUT2D eigenvalue weighted by Crippen LogP contribution is -2.38. The first kappa shape index (κ1) is 10.9. The maximum absolute atomic E-state index is 10.6. The fourth-order valence-electron chi connectivity index (χ4n) is 0.841. The number of primary amides is 1. The van der Waals surface area contributed by atoms with Crippen LogP contribution in [0.15, 0.2) is 29.2 Å². The van der Waals surface area contributed by atoms with E-state index in [-0.39, 0.29) is 5.75 Å².